The van der Waals surface area contributed by atoms with E-state index in [9.17, 15) is 0 Å². The largest absolute Gasteiger partial charge is 0.381 e. The molecule has 102 valence electrons. The molecule has 2 radical (unpaired) electrons. The molecule has 0 aliphatic carbocycles. The summed E-state index contributed by atoms with van der Waals surface area (Å²) in [5.74, 6) is 0.826. The highest BCUT2D eigenvalue weighted by molar-refractivity contribution is 6.30. The maximum Gasteiger partial charge on any atom is 0.168 e. The molecule has 0 spiro atoms. The molecule has 0 amide bonds. The number of rotatable bonds is 3. The van der Waals surface area contributed by atoms with Gasteiger partial charge in [0.15, 0.2) is 11.6 Å². The van der Waals surface area contributed by atoms with Crippen LogP contribution in [0.4, 0.5) is 11.6 Å². The van der Waals surface area contributed by atoms with Gasteiger partial charge in [0, 0.05) is 23.4 Å². The Labute approximate surface area is 124 Å². The zero-order chi connectivity index (χ0) is 14.8. The molecule has 2 aromatic heterocycles. The third-order valence-corrected chi connectivity index (χ3v) is 3.30. The summed E-state index contributed by atoms with van der Waals surface area (Å²) in [6, 6.07) is 10.1. The third-order valence-electron chi connectivity index (χ3n) is 3.30. The monoisotopic (exact) mass is 275 g/mol. The Hall–Kier alpha value is -2.63. The van der Waals surface area contributed by atoms with Crippen LogP contribution in [0.1, 0.15) is 18.5 Å². The van der Waals surface area contributed by atoms with Crippen molar-refractivity contribution in [3.63, 3.8) is 0 Å². The van der Waals surface area contributed by atoms with Crippen LogP contribution in [0.3, 0.4) is 0 Å². The first-order valence-corrected chi connectivity index (χ1v) is 6.62. The van der Waals surface area contributed by atoms with Crippen LogP contribution in [-0.2, 0) is 0 Å². The van der Waals surface area contributed by atoms with Crippen LogP contribution in [0.2, 0.25) is 0 Å². The van der Waals surface area contributed by atoms with Gasteiger partial charge in [-0.1, -0.05) is 12.1 Å². The number of nitrogens with two attached hydrogens (primary N) is 1. The minimum Gasteiger partial charge on any atom is -0.381 e. The Bertz CT molecular complexity index is 790. The minimum absolute atomic E-state index is 0.0213. The molecule has 3 aromatic rings. The Balaban J connectivity index is 1.89. The zero-order valence-corrected chi connectivity index (χ0v) is 11.6. The fourth-order valence-corrected chi connectivity index (χ4v) is 2.17. The molecule has 1 aromatic carbocycles. The van der Waals surface area contributed by atoms with Crippen molar-refractivity contribution in [1.82, 2.24) is 15.0 Å². The van der Waals surface area contributed by atoms with Crippen molar-refractivity contribution >= 4 is 36.0 Å². The topological polar surface area (TPSA) is 76.7 Å². The highest BCUT2D eigenvalue weighted by atomic mass is 15.1. The molecule has 2 heterocycles. The summed E-state index contributed by atoms with van der Waals surface area (Å²) in [7, 11) is 5.64. The van der Waals surface area contributed by atoms with Crippen LogP contribution >= 0.6 is 0 Å². The third kappa shape index (κ3) is 2.79. The van der Waals surface area contributed by atoms with Crippen LogP contribution < -0.4 is 16.6 Å². The summed E-state index contributed by atoms with van der Waals surface area (Å²) < 4.78 is 0. The molecule has 1 atom stereocenters. The van der Waals surface area contributed by atoms with E-state index < -0.39 is 0 Å². The number of hydrogen-bond acceptors (Lipinski definition) is 5. The lowest BCUT2D eigenvalue weighted by Gasteiger charge is -2.16. The molecule has 0 fully saturated rings. The molecule has 1 unspecified atom stereocenters. The average molecular weight is 275 g/mol. The number of fused-ring (bicyclic) bond motifs is 1. The predicted octanol–water partition coefficient (Wildman–Crippen LogP) is 1.57. The van der Waals surface area contributed by atoms with Gasteiger partial charge < -0.3 is 11.1 Å². The fourth-order valence-electron chi connectivity index (χ4n) is 2.17. The van der Waals surface area contributed by atoms with Gasteiger partial charge >= 0.3 is 0 Å². The van der Waals surface area contributed by atoms with E-state index in [1.165, 1.54) is 6.20 Å². The van der Waals surface area contributed by atoms with Crippen molar-refractivity contribution < 1.29 is 0 Å². The smallest absolute Gasteiger partial charge is 0.168 e. The predicted molar refractivity (Wildman–Crippen MR) is 85.6 cm³/mol. The van der Waals surface area contributed by atoms with Gasteiger partial charge in [-0.3, -0.25) is 4.98 Å². The normalized spacial score (nSPS) is 12.2. The first-order chi connectivity index (χ1) is 10.1. The summed E-state index contributed by atoms with van der Waals surface area (Å²) in [6.07, 6.45) is 3.22. The highest BCUT2D eigenvalue weighted by Crippen LogP contribution is 2.23. The molecule has 21 heavy (non-hydrogen) atoms. The van der Waals surface area contributed by atoms with Gasteiger partial charge in [-0.15, -0.1) is 0 Å². The van der Waals surface area contributed by atoms with E-state index in [4.69, 9.17) is 13.6 Å². The van der Waals surface area contributed by atoms with Crippen LogP contribution in [0.15, 0.2) is 42.7 Å². The number of anilines is 2. The second kappa shape index (κ2) is 5.40. The van der Waals surface area contributed by atoms with E-state index in [1.54, 1.807) is 6.20 Å². The van der Waals surface area contributed by atoms with Crippen molar-refractivity contribution in [3.05, 3.63) is 48.3 Å². The van der Waals surface area contributed by atoms with Crippen molar-refractivity contribution in [2.45, 2.75) is 13.0 Å². The maximum atomic E-state index is 5.80. The first kappa shape index (κ1) is 13.4. The van der Waals surface area contributed by atoms with Crippen LogP contribution in [0.25, 0.3) is 10.9 Å². The Morgan fingerprint density at radius 2 is 2.10 bits per heavy atom. The minimum atomic E-state index is 0.0213. The van der Waals surface area contributed by atoms with Gasteiger partial charge in [-0.2, -0.15) is 0 Å². The van der Waals surface area contributed by atoms with Gasteiger partial charge in [-0.25, -0.2) is 9.97 Å². The molecule has 6 heteroatoms. The second-order valence-electron chi connectivity index (χ2n) is 4.85. The molecule has 5 nitrogen and oxygen atoms in total. The molecule has 0 aliphatic rings. The number of aromatic nitrogens is 3. The zero-order valence-electron chi connectivity index (χ0n) is 11.6. The van der Waals surface area contributed by atoms with E-state index in [-0.39, 0.29) is 6.04 Å². The van der Waals surface area contributed by atoms with Crippen LogP contribution in [-0.4, -0.2) is 22.8 Å². The molecule has 3 N–H and O–H groups in total. The van der Waals surface area contributed by atoms with E-state index in [0.717, 1.165) is 16.5 Å². The van der Waals surface area contributed by atoms with Crippen molar-refractivity contribution in [2.75, 3.05) is 11.1 Å². The summed E-state index contributed by atoms with van der Waals surface area (Å²) in [4.78, 5) is 12.5. The van der Waals surface area contributed by atoms with E-state index in [0.29, 0.717) is 17.2 Å². The van der Waals surface area contributed by atoms with Gasteiger partial charge in [0.25, 0.3) is 0 Å². The van der Waals surface area contributed by atoms with Gasteiger partial charge in [-0.05, 0) is 30.7 Å². The molecule has 0 saturated heterocycles. The number of hydrogen-bond donors (Lipinski definition) is 2. The lowest BCUT2D eigenvalue weighted by Crippen LogP contribution is -2.17. The SMILES string of the molecule is [B]c1cnc(N)c(NC(C)c2ccc3ncccc3c2)n1. The van der Waals surface area contributed by atoms with E-state index >= 15 is 0 Å². The molecule has 0 aliphatic heterocycles. The quantitative estimate of drug-likeness (QED) is 0.709. The van der Waals surface area contributed by atoms with Crippen LogP contribution in [0, 0.1) is 0 Å². The van der Waals surface area contributed by atoms with Gasteiger partial charge in [0.2, 0.25) is 0 Å². The summed E-state index contributed by atoms with van der Waals surface area (Å²) >= 11 is 0. The molecule has 0 bridgehead atoms. The maximum absolute atomic E-state index is 5.80. The molecule has 3 rings (SSSR count). The highest BCUT2D eigenvalue weighted by Gasteiger charge is 2.10. The number of pyridine rings is 1. The standard InChI is InChI=1S/C15H14BN5/c1-9(20-15-14(17)19-8-13(16)21-15)10-4-5-12-11(7-10)3-2-6-18-12/h2-9H,1H3,(H2,17,19)(H,20,21). The Kier molecular flexibility index (Phi) is 3.44. The lowest BCUT2D eigenvalue weighted by molar-refractivity contribution is 0.876. The fraction of sp³-hybridized carbons (Fsp3) is 0.133. The van der Waals surface area contributed by atoms with Crippen LogP contribution in [0.5, 0.6) is 0 Å². The van der Waals surface area contributed by atoms with Crippen molar-refractivity contribution in [3.8, 4) is 0 Å². The average Bonchev–Trinajstić information content (AvgIpc) is 2.50. The lowest BCUT2D eigenvalue weighted by atomic mass is 10.0. The number of nitrogens with zero attached hydrogens (tertiary/aromatic N) is 3. The van der Waals surface area contributed by atoms with Crippen molar-refractivity contribution in [2.24, 2.45) is 0 Å². The Morgan fingerprint density at radius 1 is 1.24 bits per heavy atom. The van der Waals surface area contributed by atoms with Gasteiger partial charge in [0.1, 0.15) is 7.85 Å². The first-order valence-electron chi connectivity index (χ1n) is 6.62. The number of benzene rings is 1. The van der Waals surface area contributed by atoms with Gasteiger partial charge in [0.05, 0.1) is 11.6 Å². The van der Waals surface area contributed by atoms with Crippen molar-refractivity contribution in [1.29, 1.82) is 0 Å². The summed E-state index contributed by atoms with van der Waals surface area (Å²) in [5, 5.41) is 4.33. The molecular formula is C15H14BN5. The van der Waals surface area contributed by atoms with E-state index in [1.807, 2.05) is 31.2 Å². The second-order valence-corrected chi connectivity index (χ2v) is 4.85. The molecule has 0 saturated carbocycles. The number of nitrogens with one attached hydrogen (secondary N) is 1. The molecular weight excluding hydrogens is 261 g/mol. The number of nitrogen functional groups attached to an aromatic ring is 1. The summed E-state index contributed by atoms with van der Waals surface area (Å²) in [5.41, 5.74) is 8.22. The summed E-state index contributed by atoms with van der Waals surface area (Å²) in [6.45, 7) is 2.03. The van der Waals surface area contributed by atoms with E-state index in [2.05, 4.69) is 26.3 Å². The Morgan fingerprint density at radius 3 is 2.95 bits per heavy atom.